The Morgan fingerprint density at radius 1 is 1.37 bits per heavy atom. The van der Waals surface area contributed by atoms with E-state index >= 15 is 0 Å². The minimum atomic E-state index is 0.335. The second-order valence-corrected chi connectivity index (χ2v) is 6.51. The van der Waals surface area contributed by atoms with Crippen LogP contribution < -0.4 is 11.3 Å². The predicted octanol–water partition coefficient (Wildman–Crippen LogP) is 2.98. The number of thiazole rings is 1. The van der Waals surface area contributed by atoms with Gasteiger partial charge in [0, 0.05) is 23.4 Å². The van der Waals surface area contributed by atoms with E-state index in [1.165, 1.54) is 18.4 Å². The highest BCUT2D eigenvalue weighted by molar-refractivity contribution is 7.09. The summed E-state index contributed by atoms with van der Waals surface area (Å²) in [5.74, 6) is 5.69. The largest absolute Gasteiger partial charge is 0.271 e. The highest BCUT2D eigenvalue weighted by Gasteiger charge is 2.44. The monoisotopic (exact) mass is 273 g/mol. The van der Waals surface area contributed by atoms with Gasteiger partial charge >= 0.3 is 0 Å². The number of nitrogens with two attached hydrogens (primary N) is 1. The van der Waals surface area contributed by atoms with Gasteiger partial charge in [0.2, 0.25) is 0 Å². The van der Waals surface area contributed by atoms with E-state index in [1.54, 1.807) is 11.3 Å². The average molecular weight is 273 g/mol. The first-order valence-electron chi connectivity index (χ1n) is 6.67. The average Bonchev–Trinajstić information content (AvgIpc) is 3.03. The Balaban J connectivity index is 1.75. The zero-order valence-corrected chi connectivity index (χ0v) is 11.9. The van der Waals surface area contributed by atoms with E-state index in [9.17, 15) is 0 Å². The van der Waals surface area contributed by atoms with Gasteiger partial charge in [0.05, 0.1) is 10.7 Å². The van der Waals surface area contributed by atoms with Gasteiger partial charge in [-0.1, -0.05) is 37.3 Å². The molecule has 1 aromatic heterocycles. The number of nitrogens with one attached hydrogen (secondary N) is 1. The number of rotatable bonds is 5. The van der Waals surface area contributed by atoms with E-state index in [1.807, 2.05) is 18.2 Å². The van der Waals surface area contributed by atoms with E-state index in [4.69, 9.17) is 10.8 Å². The molecule has 100 valence electrons. The van der Waals surface area contributed by atoms with Gasteiger partial charge in [-0.15, -0.1) is 11.3 Å². The Hall–Kier alpha value is -1.23. The molecule has 0 spiro atoms. The Labute approximate surface area is 117 Å². The summed E-state index contributed by atoms with van der Waals surface area (Å²) in [7, 11) is 0. The molecule has 1 aromatic carbocycles. The zero-order chi connectivity index (χ0) is 13.3. The Kier molecular flexibility index (Phi) is 3.39. The van der Waals surface area contributed by atoms with Crippen LogP contribution in [0, 0.1) is 5.41 Å². The molecule has 1 saturated carbocycles. The third-order valence-corrected chi connectivity index (χ3v) is 4.95. The Morgan fingerprint density at radius 3 is 2.74 bits per heavy atom. The smallest absolute Gasteiger partial charge is 0.0948 e. The number of benzene rings is 1. The van der Waals surface area contributed by atoms with Gasteiger partial charge in [0.25, 0.3) is 0 Å². The van der Waals surface area contributed by atoms with E-state index in [2.05, 4.69) is 29.9 Å². The highest BCUT2D eigenvalue weighted by Crippen LogP contribution is 2.48. The van der Waals surface area contributed by atoms with Crippen LogP contribution in [-0.4, -0.2) is 11.0 Å². The lowest BCUT2D eigenvalue weighted by Crippen LogP contribution is -2.42. The summed E-state index contributed by atoms with van der Waals surface area (Å²) >= 11 is 1.73. The molecule has 4 heteroatoms. The lowest BCUT2D eigenvalue weighted by Gasteiger charge is -2.21. The van der Waals surface area contributed by atoms with Crippen LogP contribution in [-0.2, 0) is 6.42 Å². The van der Waals surface area contributed by atoms with Crippen molar-refractivity contribution in [2.75, 3.05) is 0 Å². The zero-order valence-electron chi connectivity index (χ0n) is 11.1. The molecule has 0 radical (unpaired) electrons. The maximum absolute atomic E-state index is 5.69. The van der Waals surface area contributed by atoms with Gasteiger partial charge < -0.3 is 0 Å². The minimum Gasteiger partial charge on any atom is -0.271 e. The molecule has 1 fully saturated rings. The van der Waals surface area contributed by atoms with Crippen LogP contribution in [0.4, 0.5) is 0 Å². The maximum atomic E-state index is 5.69. The second-order valence-electron chi connectivity index (χ2n) is 5.57. The molecule has 1 aliphatic carbocycles. The third kappa shape index (κ3) is 2.71. The first-order valence-corrected chi connectivity index (χ1v) is 7.55. The van der Waals surface area contributed by atoms with Gasteiger partial charge in [-0.2, -0.15) is 0 Å². The molecule has 0 aliphatic heterocycles. The van der Waals surface area contributed by atoms with E-state index in [0.717, 1.165) is 17.1 Å². The topological polar surface area (TPSA) is 50.9 Å². The van der Waals surface area contributed by atoms with Crippen molar-refractivity contribution in [3.05, 3.63) is 40.7 Å². The second kappa shape index (κ2) is 5.04. The summed E-state index contributed by atoms with van der Waals surface area (Å²) in [5, 5.41) is 3.29. The minimum absolute atomic E-state index is 0.335. The van der Waals surface area contributed by atoms with Gasteiger partial charge in [0.15, 0.2) is 0 Å². The lowest BCUT2D eigenvalue weighted by atomic mass is 9.97. The molecule has 2 aromatic rings. The molecule has 3 rings (SSSR count). The Morgan fingerprint density at radius 2 is 2.11 bits per heavy atom. The fraction of sp³-hybridized carbons (Fsp3) is 0.400. The molecule has 1 atom stereocenters. The third-order valence-electron chi connectivity index (χ3n) is 4.08. The summed E-state index contributed by atoms with van der Waals surface area (Å²) in [6.07, 6.45) is 3.45. The number of nitrogens with zero attached hydrogens (tertiary/aromatic N) is 1. The van der Waals surface area contributed by atoms with Crippen molar-refractivity contribution in [2.24, 2.45) is 11.3 Å². The molecule has 3 nitrogen and oxygen atoms in total. The van der Waals surface area contributed by atoms with Crippen molar-refractivity contribution in [1.82, 2.24) is 10.4 Å². The molecule has 0 amide bonds. The molecule has 1 heterocycles. The first kappa shape index (κ1) is 12.8. The van der Waals surface area contributed by atoms with Crippen molar-refractivity contribution >= 4 is 11.3 Å². The first-order chi connectivity index (χ1) is 9.21. The predicted molar refractivity (Wildman–Crippen MR) is 79.7 cm³/mol. The fourth-order valence-electron chi connectivity index (χ4n) is 2.37. The van der Waals surface area contributed by atoms with Crippen LogP contribution >= 0.6 is 11.3 Å². The van der Waals surface area contributed by atoms with E-state index in [-0.39, 0.29) is 0 Å². The van der Waals surface area contributed by atoms with Gasteiger partial charge in [-0.05, 0) is 18.3 Å². The molecular weight excluding hydrogens is 254 g/mol. The lowest BCUT2D eigenvalue weighted by molar-refractivity contribution is 0.359. The fourth-order valence-corrected chi connectivity index (χ4v) is 3.22. The molecule has 0 saturated heterocycles. The standard InChI is InChI=1S/C15H19N3S/c1-15(7-8-15)13(18-16)9-14-17-12(10-19-14)11-5-3-2-4-6-11/h2-6,10,13,18H,7-9,16H2,1H3. The number of aromatic nitrogens is 1. The quantitative estimate of drug-likeness (QED) is 0.650. The van der Waals surface area contributed by atoms with Crippen molar-refractivity contribution < 1.29 is 0 Å². The summed E-state index contributed by atoms with van der Waals surface area (Å²) < 4.78 is 0. The number of hydrazine groups is 1. The molecule has 1 unspecified atom stereocenters. The highest BCUT2D eigenvalue weighted by atomic mass is 32.1. The number of hydrogen-bond donors (Lipinski definition) is 2. The van der Waals surface area contributed by atoms with Crippen molar-refractivity contribution in [2.45, 2.75) is 32.2 Å². The van der Waals surface area contributed by atoms with E-state index in [0.29, 0.717) is 11.5 Å². The summed E-state index contributed by atoms with van der Waals surface area (Å²) in [4.78, 5) is 4.73. The van der Waals surface area contributed by atoms with Gasteiger partial charge in [0.1, 0.15) is 0 Å². The van der Waals surface area contributed by atoms with Crippen LogP contribution in [0.25, 0.3) is 11.3 Å². The molecular formula is C15H19N3S. The molecule has 1 aliphatic rings. The molecule has 3 N–H and O–H groups in total. The van der Waals surface area contributed by atoms with Crippen LogP contribution in [0.2, 0.25) is 0 Å². The SMILES string of the molecule is CC1(C(Cc2nc(-c3ccccc3)cs2)NN)CC1. The van der Waals surface area contributed by atoms with Crippen LogP contribution in [0.15, 0.2) is 35.7 Å². The Bertz CT molecular complexity index is 546. The number of hydrogen-bond acceptors (Lipinski definition) is 4. The summed E-state index contributed by atoms with van der Waals surface area (Å²) in [6.45, 7) is 2.29. The molecule has 0 bridgehead atoms. The van der Waals surface area contributed by atoms with Crippen LogP contribution in [0.3, 0.4) is 0 Å². The van der Waals surface area contributed by atoms with Crippen molar-refractivity contribution in [1.29, 1.82) is 0 Å². The van der Waals surface area contributed by atoms with E-state index < -0.39 is 0 Å². The van der Waals surface area contributed by atoms with Gasteiger partial charge in [-0.3, -0.25) is 11.3 Å². The van der Waals surface area contributed by atoms with Crippen molar-refractivity contribution in [3.63, 3.8) is 0 Å². The van der Waals surface area contributed by atoms with Crippen molar-refractivity contribution in [3.8, 4) is 11.3 Å². The van der Waals surface area contributed by atoms with Crippen LogP contribution in [0.1, 0.15) is 24.8 Å². The summed E-state index contributed by atoms with van der Waals surface area (Å²) in [6, 6.07) is 10.6. The molecule has 19 heavy (non-hydrogen) atoms. The van der Waals surface area contributed by atoms with Crippen LogP contribution in [0.5, 0.6) is 0 Å². The summed E-state index contributed by atoms with van der Waals surface area (Å²) in [5.41, 5.74) is 5.58. The normalized spacial score (nSPS) is 18.2. The maximum Gasteiger partial charge on any atom is 0.0948 e. The van der Waals surface area contributed by atoms with Gasteiger partial charge in [-0.25, -0.2) is 4.98 Å².